The molecule has 0 heterocycles. The van der Waals surface area contributed by atoms with E-state index in [4.69, 9.17) is 16.3 Å². The molecule has 18 heavy (non-hydrogen) atoms. The van der Waals surface area contributed by atoms with E-state index in [2.05, 4.69) is 18.3 Å². The molecule has 3 heteroatoms. The second-order valence-corrected chi connectivity index (χ2v) is 5.44. The Kier molecular flexibility index (Phi) is 4.90. The molecule has 1 N–H and O–H groups in total. The minimum absolute atomic E-state index is 0.566. The largest absolute Gasteiger partial charge is 0.496 e. The first-order valence-corrected chi connectivity index (χ1v) is 7.19. The van der Waals surface area contributed by atoms with Crippen molar-refractivity contribution in [2.75, 3.05) is 13.7 Å². The summed E-state index contributed by atoms with van der Waals surface area (Å²) in [5.41, 5.74) is 1.27. The van der Waals surface area contributed by atoms with E-state index < -0.39 is 0 Å². The summed E-state index contributed by atoms with van der Waals surface area (Å²) in [5.74, 6) is 1.54. The minimum Gasteiger partial charge on any atom is -0.496 e. The maximum absolute atomic E-state index is 6.12. The van der Waals surface area contributed by atoms with Crippen molar-refractivity contribution in [1.82, 2.24) is 5.32 Å². The Bertz CT molecular complexity index is 392. The van der Waals surface area contributed by atoms with Gasteiger partial charge >= 0.3 is 0 Å². The molecule has 2 rings (SSSR count). The highest BCUT2D eigenvalue weighted by Crippen LogP contribution is 2.38. The minimum atomic E-state index is 0.566. The molecule has 100 valence electrons. The normalized spacial score (nSPS) is 23.9. The lowest BCUT2D eigenvalue weighted by Crippen LogP contribution is -2.33. The summed E-state index contributed by atoms with van der Waals surface area (Å²) in [7, 11) is 1.73. The number of halogens is 1. The van der Waals surface area contributed by atoms with Crippen LogP contribution in [0.15, 0.2) is 18.2 Å². The molecule has 0 saturated heterocycles. The van der Waals surface area contributed by atoms with E-state index in [1.807, 2.05) is 12.1 Å². The standard InChI is InChI=1S/C15H22ClNO/c1-3-17-13-6-4-5-11(9-13)14-10-12(16)7-8-15(14)18-2/h7-8,10-11,13,17H,3-6,9H2,1-2H3. The molecule has 2 atom stereocenters. The molecule has 1 aromatic rings. The number of rotatable bonds is 4. The molecule has 0 radical (unpaired) electrons. The zero-order valence-electron chi connectivity index (χ0n) is 11.2. The third-order valence-corrected chi connectivity index (χ3v) is 4.03. The number of benzene rings is 1. The van der Waals surface area contributed by atoms with E-state index in [-0.39, 0.29) is 0 Å². The van der Waals surface area contributed by atoms with Crippen molar-refractivity contribution in [1.29, 1.82) is 0 Å². The summed E-state index contributed by atoms with van der Waals surface area (Å²) in [6.45, 7) is 3.22. The molecule has 2 unspecified atom stereocenters. The number of ether oxygens (including phenoxy) is 1. The van der Waals surface area contributed by atoms with Crippen molar-refractivity contribution in [3.63, 3.8) is 0 Å². The molecule has 0 amide bonds. The summed E-state index contributed by atoms with van der Waals surface area (Å²) >= 11 is 6.12. The van der Waals surface area contributed by atoms with E-state index in [0.29, 0.717) is 12.0 Å². The predicted octanol–water partition coefficient (Wildman–Crippen LogP) is 3.98. The molecular weight excluding hydrogens is 246 g/mol. The fourth-order valence-corrected chi connectivity index (χ4v) is 3.15. The average molecular weight is 268 g/mol. The van der Waals surface area contributed by atoms with Crippen molar-refractivity contribution < 1.29 is 4.74 Å². The Morgan fingerprint density at radius 2 is 2.22 bits per heavy atom. The number of methoxy groups -OCH3 is 1. The molecule has 1 saturated carbocycles. The van der Waals surface area contributed by atoms with Crippen molar-refractivity contribution >= 4 is 11.6 Å². The second kappa shape index (κ2) is 6.44. The van der Waals surface area contributed by atoms with Gasteiger partial charge in [-0.3, -0.25) is 0 Å². The van der Waals surface area contributed by atoms with Crippen LogP contribution in [0.5, 0.6) is 5.75 Å². The highest BCUT2D eigenvalue weighted by atomic mass is 35.5. The molecular formula is C15H22ClNO. The first-order valence-electron chi connectivity index (χ1n) is 6.81. The lowest BCUT2D eigenvalue weighted by atomic mass is 9.81. The van der Waals surface area contributed by atoms with Gasteiger partial charge in [0.05, 0.1) is 7.11 Å². The Balaban J connectivity index is 2.17. The molecule has 2 nitrogen and oxygen atoms in total. The molecule has 1 fully saturated rings. The summed E-state index contributed by atoms with van der Waals surface area (Å²) in [6, 6.07) is 6.58. The van der Waals surface area contributed by atoms with E-state index in [0.717, 1.165) is 17.3 Å². The van der Waals surface area contributed by atoms with Crippen LogP contribution in [0.2, 0.25) is 5.02 Å². The highest BCUT2D eigenvalue weighted by Gasteiger charge is 2.24. The smallest absolute Gasteiger partial charge is 0.122 e. The Morgan fingerprint density at radius 3 is 2.94 bits per heavy atom. The zero-order valence-corrected chi connectivity index (χ0v) is 12.0. The molecule has 1 aliphatic rings. The summed E-state index contributed by atoms with van der Waals surface area (Å²) in [5, 5.41) is 4.36. The van der Waals surface area contributed by atoms with Crippen LogP contribution in [0.3, 0.4) is 0 Å². The summed E-state index contributed by atoms with van der Waals surface area (Å²) in [4.78, 5) is 0. The van der Waals surface area contributed by atoms with Gasteiger partial charge in [-0.15, -0.1) is 0 Å². The van der Waals surface area contributed by atoms with Crippen molar-refractivity contribution in [2.45, 2.75) is 44.6 Å². The molecule has 0 spiro atoms. The fraction of sp³-hybridized carbons (Fsp3) is 0.600. The lowest BCUT2D eigenvalue weighted by molar-refractivity contribution is 0.334. The van der Waals surface area contributed by atoms with Gasteiger partial charge in [-0.25, -0.2) is 0 Å². The molecule has 0 aromatic heterocycles. The first kappa shape index (κ1) is 13.7. The van der Waals surface area contributed by atoms with Gasteiger partial charge in [0, 0.05) is 11.1 Å². The van der Waals surface area contributed by atoms with E-state index >= 15 is 0 Å². The Hall–Kier alpha value is -0.730. The topological polar surface area (TPSA) is 21.3 Å². The summed E-state index contributed by atoms with van der Waals surface area (Å²) < 4.78 is 5.47. The van der Waals surface area contributed by atoms with Crippen LogP contribution in [0.25, 0.3) is 0 Å². The monoisotopic (exact) mass is 267 g/mol. The van der Waals surface area contributed by atoms with Crippen LogP contribution < -0.4 is 10.1 Å². The van der Waals surface area contributed by atoms with Crippen molar-refractivity contribution in [3.8, 4) is 5.75 Å². The molecule has 0 aliphatic heterocycles. The van der Waals surface area contributed by atoms with Crippen LogP contribution in [-0.2, 0) is 0 Å². The van der Waals surface area contributed by atoms with Crippen LogP contribution in [-0.4, -0.2) is 19.7 Å². The van der Waals surface area contributed by atoms with Crippen molar-refractivity contribution in [3.05, 3.63) is 28.8 Å². The molecule has 0 bridgehead atoms. The second-order valence-electron chi connectivity index (χ2n) is 5.00. The van der Waals surface area contributed by atoms with E-state index in [9.17, 15) is 0 Å². The maximum Gasteiger partial charge on any atom is 0.122 e. The van der Waals surface area contributed by atoms with Crippen LogP contribution in [0.4, 0.5) is 0 Å². The van der Waals surface area contributed by atoms with Crippen molar-refractivity contribution in [2.24, 2.45) is 0 Å². The number of hydrogen-bond acceptors (Lipinski definition) is 2. The van der Waals surface area contributed by atoms with Gasteiger partial charge in [0.25, 0.3) is 0 Å². The van der Waals surface area contributed by atoms with Crippen LogP contribution >= 0.6 is 11.6 Å². The van der Waals surface area contributed by atoms with Gasteiger partial charge in [0.2, 0.25) is 0 Å². The first-order chi connectivity index (χ1) is 8.74. The van der Waals surface area contributed by atoms with Gasteiger partial charge in [-0.1, -0.05) is 24.9 Å². The van der Waals surface area contributed by atoms with E-state index in [1.54, 1.807) is 7.11 Å². The Morgan fingerprint density at radius 1 is 1.39 bits per heavy atom. The SMILES string of the molecule is CCNC1CCCC(c2cc(Cl)ccc2OC)C1. The highest BCUT2D eigenvalue weighted by molar-refractivity contribution is 6.30. The van der Waals surface area contributed by atoms with Crippen LogP contribution in [0.1, 0.15) is 44.1 Å². The Labute approximate surface area is 115 Å². The van der Waals surface area contributed by atoms with Gasteiger partial charge in [0.15, 0.2) is 0 Å². The lowest BCUT2D eigenvalue weighted by Gasteiger charge is -2.30. The summed E-state index contributed by atoms with van der Waals surface area (Å²) in [6.07, 6.45) is 4.98. The number of hydrogen-bond donors (Lipinski definition) is 1. The fourth-order valence-electron chi connectivity index (χ4n) is 2.97. The van der Waals surface area contributed by atoms with Crippen LogP contribution in [0, 0.1) is 0 Å². The van der Waals surface area contributed by atoms with Gasteiger partial charge in [-0.05, 0) is 55.5 Å². The molecule has 1 aliphatic carbocycles. The van der Waals surface area contributed by atoms with Gasteiger partial charge < -0.3 is 10.1 Å². The third-order valence-electron chi connectivity index (χ3n) is 3.80. The molecule has 1 aromatic carbocycles. The zero-order chi connectivity index (χ0) is 13.0. The van der Waals surface area contributed by atoms with Gasteiger partial charge in [-0.2, -0.15) is 0 Å². The maximum atomic E-state index is 6.12. The third kappa shape index (κ3) is 3.18. The quantitative estimate of drug-likeness (QED) is 0.891. The number of nitrogens with one attached hydrogen (secondary N) is 1. The average Bonchev–Trinajstić information content (AvgIpc) is 2.39. The van der Waals surface area contributed by atoms with E-state index in [1.165, 1.54) is 31.2 Å². The predicted molar refractivity (Wildman–Crippen MR) is 76.7 cm³/mol. The van der Waals surface area contributed by atoms with Gasteiger partial charge in [0.1, 0.15) is 5.75 Å².